The van der Waals surface area contributed by atoms with Crippen LogP contribution in [0.3, 0.4) is 0 Å². The minimum Gasteiger partial charge on any atom is -0.490 e. The summed E-state index contributed by atoms with van der Waals surface area (Å²) in [5.41, 5.74) is 0. The van der Waals surface area contributed by atoms with E-state index in [0.29, 0.717) is 17.8 Å². The molecule has 1 aromatic carbocycles. The molecule has 2 fully saturated rings. The van der Waals surface area contributed by atoms with Gasteiger partial charge in [0.2, 0.25) is 5.82 Å². The third-order valence-corrected chi connectivity index (χ3v) is 6.21. The topological polar surface area (TPSA) is 9.23 Å². The lowest BCUT2D eigenvalue weighted by molar-refractivity contribution is 0.134. The van der Waals surface area contributed by atoms with E-state index < -0.39 is 11.6 Å². The Bertz CT molecular complexity index is 506. The van der Waals surface area contributed by atoms with Crippen LogP contribution < -0.4 is 4.74 Å². The van der Waals surface area contributed by atoms with Crippen LogP contribution >= 0.6 is 12.6 Å². The third kappa shape index (κ3) is 4.40. The van der Waals surface area contributed by atoms with Gasteiger partial charge < -0.3 is 4.74 Å². The number of ether oxygens (including phenoxy) is 1. The average molecular weight is 340 g/mol. The van der Waals surface area contributed by atoms with E-state index in [1.54, 1.807) is 0 Å². The van der Waals surface area contributed by atoms with E-state index in [2.05, 4.69) is 12.6 Å². The Labute approximate surface area is 143 Å². The first-order valence-corrected chi connectivity index (χ1v) is 9.40. The molecule has 1 aromatic rings. The van der Waals surface area contributed by atoms with Crippen LogP contribution in [0.2, 0.25) is 0 Å². The molecule has 0 bridgehead atoms. The zero-order valence-corrected chi connectivity index (χ0v) is 14.4. The van der Waals surface area contributed by atoms with Crippen LogP contribution in [0.15, 0.2) is 18.2 Å². The van der Waals surface area contributed by atoms with Gasteiger partial charge in [0, 0.05) is 5.25 Å². The Morgan fingerprint density at radius 3 is 2.17 bits per heavy atom. The van der Waals surface area contributed by atoms with Crippen molar-refractivity contribution in [2.45, 2.75) is 56.6 Å². The zero-order valence-electron chi connectivity index (χ0n) is 13.5. The lowest BCUT2D eigenvalue weighted by Crippen LogP contribution is -2.27. The molecule has 0 unspecified atom stereocenters. The zero-order chi connectivity index (χ0) is 16.2. The third-order valence-electron chi connectivity index (χ3n) is 5.69. The molecule has 0 heterocycles. The second-order valence-electron chi connectivity index (χ2n) is 7.21. The van der Waals surface area contributed by atoms with Crippen LogP contribution in [0.4, 0.5) is 8.78 Å². The van der Waals surface area contributed by atoms with Crippen LogP contribution in [-0.2, 0) is 0 Å². The van der Waals surface area contributed by atoms with E-state index in [4.69, 9.17) is 4.74 Å². The number of halogens is 2. The number of hydrogen-bond donors (Lipinski definition) is 1. The Hall–Kier alpha value is -0.770. The maximum absolute atomic E-state index is 13.6. The van der Waals surface area contributed by atoms with Gasteiger partial charge in [-0.05, 0) is 81.3 Å². The van der Waals surface area contributed by atoms with Gasteiger partial charge in [-0.25, -0.2) is 4.39 Å². The molecule has 0 saturated heterocycles. The fourth-order valence-corrected chi connectivity index (χ4v) is 4.50. The van der Waals surface area contributed by atoms with Crippen molar-refractivity contribution < 1.29 is 13.5 Å². The monoisotopic (exact) mass is 340 g/mol. The highest BCUT2D eigenvalue weighted by molar-refractivity contribution is 7.80. The summed E-state index contributed by atoms with van der Waals surface area (Å²) in [6, 6.07) is 4.11. The molecule has 0 radical (unpaired) electrons. The van der Waals surface area contributed by atoms with Crippen LogP contribution in [0.25, 0.3) is 0 Å². The average Bonchev–Trinajstić information content (AvgIpc) is 2.57. The Kier molecular flexibility index (Phi) is 5.84. The summed E-state index contributed by atoms with van der Waals surface area (Å²) in [7, 11) is 0. The molecule has 0 N–H and O–H groups in total. The van der Waals surface area contributed by atoms with Gasteiger partial charge in [0.25, 0.3) is 0 Å². The normalized spacial score (nSPS) is 31.8. The van der Waals surface area contributed by atoms with Gasteiger partial charge in [0.1, 0.15) is 0 Å². The van der Waals surface area contributed by atoms with E-state index in [1.165, 1.54) is 50.7 Å². The van der Waals surface area contributed by atoms with Crippen molar-refractivity contribution in [3.63, 3.8) is 0 Å². The highest BCUT2D eigenvalue weighted by Gasteiger charge is 2.30. The van der Waals surface area contributed by atoms with Gasteiger partial charge in [0.05, 0.1) is 6.61 Å². The van der Waals surface area contributed by atoms with Crippen molar-refractivity contribution in [1.82, 2.24) is 0 Å². The van der Waals surface area contributed by atoms with E-state index in [9.17, 15) is 8.78 Å². The van der Waals surface area contributed by atoms with E-state index >= 15 is 0 Å². The molecule has 0 aliphatic heterocycles. The van der Waals surface area contributed by atoms with Gasteiger partial charge >= 0.3 is 0 Å². The van der Waals surface area contributed by atoms with Crippen LogP contribution in [0.5, 0.6) is 5.75 Å². The quantitative estimate of drug-likeness (QED) is 0.698. The molecule has 0 atom stereocenters. The summed E-state index contributed by atoms with van der Waals surface area (Å²) in [5, 5.41) is 0.608. The summed E-state index contributed by atoms with van der Waals surface area (Å²) in [6.45, 7) is 0.497. The smallest absolute Gasteiger partial charge is 0.200 e. The molecule has 128 valence electrons. The highest BCUT2D eigenvalue weighted by atomic mass is 32.1. The maximum atomic E-state index is 13.6. The SMILES string of the molecule is Fc1cccc(OCC2CCC(C3CCC(S)CC3)CC2)c1F. The second-order valence-corrected chi connectivity index (χ2v) is 7.94. The fraction of sp³-hybridized carbons (Fsp3) is 0.684. The Balaban J connectivity index is 1.43. The molecule has 23 heavy (non-hydrogen) atoms. The fourth-order valence-electron chi connectivity index (χ4n) is 4.20. The molecule has 0 aromatic heterocycles. The number of hydrogen-bond acceptors (Lipinski definition) is 2. The van der Waals surface area contributed by atoms with Crippen molar-refractivity contribution in [3.05, 3.63) is 29.8 Å². The van der Waals surface area contributed by atoms with Crippen LogP contribution in [0.1, 0.15) is 51.4 Å². The predicted octanol–water partition coefficient (Wildman–Crippen LogP) is 5.64. The van der Waals surface area contributed by atoms with Gasteiger partial charge in [-0.1, -0.05) is 6.07 Å². The van der Waals surface area contributed by atoms with Gasteiger partial charge in [-0.15, -0.1) is 0 Å². The second kappa shape index (κ2) is 7.87. The van der Waals surface area contributed by atoms with E-state index in [-0.39, 0.29) is 5.75 Å². The number of benzene rings is 1. The first-order chi connectivity index (χ1) is 11.1. The Morgan fingerprint density at radius 1 is 0.913 bits per heavy atom. The number of rotatable bonds is 4. The van der Waals surface area contributed by atoms with Gasteiger partial charge in [0.15, 0.2) is 11.6 Å². The van der Waals surface area contributed by atoms with Crippen molar-refractivity contribution in [3.8, 4) is 5.75 Å². The van der Waals surface area contributed by atoms with Crippen LogP contribution in [-0.4, -0.2) is 11.9 Å². The van der Waals surface area contributed by atoms with Gasteiger partial charge in [-0.3, -0.25) is 0 Å². The van der Waals surface area contributed by atoms with Crippen molar-refractivity contribution in [2.24, 2.45) is 17.8 Å². The molecule has 2 aliphatic rings. The molecule has 1 nitrogen and oxygen atoms in total. The predicted molar refractivity (Wildman–Crippen MR) is 92.0 cm³/mol. The molecule has 2 saturated carbocycles. The van der Waals surface area contributed by atoms with E-state index in [1.807, 2.05) is 0 Å². The summed E-state index contributed by atoms with van der Waals surface area (Å²) in [6.07, 6.45) is 9.96. The summed E-state index contributed by atoms with van der Waals surface area (Å²) < 4.78 is 32.3. The highest BCUT2D eigenvalue weighted by Crippen LogP contribution is 2.41. The molecule has 2 aliphatic carbocycles. The summed E-state index contributed by atoms with van der Waals surface area (Å²) in [4.78, 5) is 0. The molecule has 4 heteroatoms. The first-order valence-electron chi connectivity index (χ1n) is 8.88. The van der Waals surface area contributed by atoms with Crippen molar-refractivity contribution in [2.75, 3.05) is 6.61 Å². The lowest BCUT2D eigenvalue weighted by atomic mass is 9.71. The van der Waals surface area contributed by atoms with E-state index in [0.717, 1.165) is 30.7 Å². The molecule has 0 spiro atoms. The molecule has 0 amide bonds. The molecule has 3 rings (SSSR count). The maximum Gasteiger partial charge on any atom is 0.200 e. The molecular formula is C19H26F2OS. The minimum absolute atomic E-state index is 0.0409. The Morgan fingerprint density at radius 2 is 1.52 bits per heavy atom. The lowest BCUT2D eigenvalue weighted by Gasteiger charge is -2.37. The first kappa shape index (κ1) is 17.1. The van der Waals surface area contributed by atoms with Crippen LogP contribution in [0, 0.1) is 29.4 Å². The summed E-state index contributed by atoms with van der Waals surface area (Å²) in [5.74, 6) is 0.518. The largest absolute Gasteiger partial charge is 0.490 e. The standard InChI is InChI=1S/C19H26F2OS/c20-17-2-1-3-18(19(17)21)22-12-13-4-6-14(7-5-13)15-8-10-16(23)11-9-15/h1-3,13-16,23H,4-12H2. The van der Waals surface area contributed by atoms with Crippen molar-refractivity contribution >= 4 is 12.6 Å². The van der Waals surface area contributed by atoms with Gasteiger partial charge in [-0.2, -0.15) is 17.0 Å². The summed E-state index contributed by atoms with van der Waals surface area (Å²) >= 11 is 4.58. The minimum atomic E-state index is -0.871. The molecular weight excluding hydrogens is 314 g/mol. The number of thiol groups is 1. The van der Waals surface area contributed by atoms with Crippen molar-refractivity contribution in [1.29, 1.82) is 0 Å².